The quantitative estimate of drug-likeness (QED) is 0.442. The van der Waals surface area contributed by atoms with E-state index in [9.17, 15) is 9.59 Å². The Morgan fingerprint density at radius 1 is 1.21 bits per heavy atom. The van der Waals surface area contributed by atoms with E-state index in [0.29, 0.717) is 34.4 Å². The molecule has 3 aromatic rings. The number of amides is 1. The number of rotatable bonds is 8. The van der Waals surface area contributed by atoms with Crippen LogP contribution in [0.5, 0.6) is 0 Å². The van der Waals surface area contributed by atoms with Gasteiger partial charge in [-0.3, -0.25) is 19.5 Å². The molecule has 0 unspecified atom stereocenters. The fourth-order valence-corrected chi connectivity index (χ4v) is 3.47. The number of carbonyl (C=O) groups excluding carboxylic acids is 1. The standard InChI is InChI=1S/C20H25N5O3S/c1-12(2)9-10-25-18(27)14-7-5-6-8-15(14)21-20(25)29-11-16(26)22-19-24-23-17(28-19)13(3)4/h5-8,12-13H,9-11H2,1-4H3,(H,22,24,26). The van der Waals surface area contributed by atoms with E-state index in [0.717, 1.165) is 6.42 Å². The molecule has 0 bridgehead atoms. The largest absolute Gasteiger partial charge is 0.408 e. The Kier molecular flexibility index (Phi) is 6.68. The summed E-state index contributed by atoms with van der Waals surface area (Å²) in [6.07, 6.45) is 0.847. The minimum absolute atomic E-state index is 0.0722. The summed E-state index contributed by atoms with van der Waals surface area (Å²) >= 11 is 1.22. The van der Waals surface area contributed by atoms with Crippen LogP contribution < -0.4 is 10.9 Å². The number of carbonyl (C=O) groups is 1. The van der Waals surface area contributed by atoms with Gasteiger partial charge in [0.1, 0.15) is 0 Å². The topological polar surface area (TPSA) is 103 Å². The Bertz CT molecular complexity index is 1060. The van der Waals surface area contributed by atoms with Crippen molar-refractivity contribution in [1.82, 2.24) is 19.7 Å². The number of hydrogen-bond donors (Lipinski definition) is 1. The second kappa shape index (κ2) is 9.21. The monoisotopic (exact) mass is 415 g/mol. The molecule has 154 valence electrons. The third kappa shape index (κ3) is 5.23. The van der Waals surface area contributed by atoms with Gasteiger partial charge in [0.15, 0.2) is 5.16 Å². The van der Waals surface area contributed by atoms with Crippen LogP contribution in [0.3, 0.4) is 0 Å². The second-order valence-corrected chi connectivity index (χ2v) is 8.43. The number of thioether (sulfide) groups is 1. The third-order valence-electron chi connectivity index (χ3n) is 4.27. The Labute approximate surface area is 173 Å². The Morgan fingerprint density at radius 3 is 2.66 bits per heavy atom. The van der Waals surface area contributed by atoms with Crippen molar-refractivity contribution in [3.63, 3.8) is 0 Å². The molecule has 0 aliphatic carbocycles. The zero-order valence-corrected chi connectivity index (χ0v) is 17.8. The van der Waals surface area contributed by atoms with Gasteiger partial charge in [-0.1, -0.05) is 56.7 Å². The van der Waals surface area contributed by atoms with Crippen molar-refractivity contribution >= 4 is 34.6 Å². The van der Waals surface area contributed by atoms with E-state index in [1.54, 1.807) is 16.7 Å². The number of fused-ring (bicyclic) bond motifs is 1. The van der Waals surface area contributed by atoms with E-state index < -0.39 is 0 Å². The first-order valence-corrected chi connectivity index (χ1v) is 10.6. The van der Waals surface area contributed by atoms with Gasteiger partial charge in [-0.2, -0.15) is 0 Å². The zero-order chi connectivity index (χ0) is 21.0. The predicted molar refractivity (Wildman–Crippen MR) is 113 cm³/mol. The van der Waals surface area contributed by atoms with Gasteiger partial charge in [0.05, 0.1) is 16.7 Å². The minimum atomic E-state index is -0.299. The smallest absolute Gasteiger partial charge is 0.322 e. The Morgan fingerprint density at radius 2 is 1.97 bits per heavy atom. The average Bonchev–Trinajstić information content (AvgIpc) is 3.14. The number of benzene rings is 1. The fourth-order valence-electron chi connectivity index (χ4n) is 2.65. The normalized spacial score (nSPS) is 11.5. The number of nitrogens with zero attached hydrogens (tertiary/aromatic N) is 4. The number of nitrogens with one attached hydrogen (secondary N) is 1. The molecule has 9 heteroatoms. The van der Waals surface area contributed by atoms with Crippen molar-refractivity contribution in [1.29, 1.82) is 0 Å². The van der Waals surface area contributed by atoms with Crippen molar-refractivity contribution in [2.24, 2.45) is 5.92 Å². The van der Waals surface area contributed by atoms with Crippen LogP contribution in [0.1, 0.15) is 45.9 Å². The van der Waals surface area contributed by atoms with Crippen LogP contribution in [0.15, 0.2) is 38.6 Å². The number of para-hydroxylation sites is 1. The Balaban J connectivity index is 1.77. The van der Waals surface area contributed by atoms with Gasteiger partial charge in [0, 0.05) is 12.5 Å². The van der Waals surface area contributed by atoms with E-state index >= 15 is 0 Å². The van der Waals surface area contributed by atoms with E-state index in [1.807, 2.05) is 26.0 Å². The van der Waals surface area contributed by atoms with Gasteiger partial charge in [-0.15, -0.1) is 5.10 Å². The van der Waals surface area contributed by atoms with Crippen LogP contribution in [0.4, 0.5) is 6.01 Å². The molecule has 1 amide bonds. The maximum Gasteiger partial charge on any atom is 0.322 e. The minimum Gasteiger partial charge on any atom is -0.408 e. The van der Waals surface area contributed by atoms with Crippen molar-refractivity contribution in [3.05, 3.63) is 40.5 Å². The third-order valence-corrected chi connectivity index (χ3v) is 5.25. The van der Waals surface area contributed by atoms with E-state index in [2.05, 4.69) is 34.3 Å². The van der Waals surface area contributed by atoms with Crippen LogP contribution in [-0.4, -0.2) is 31.4 Å². The lowest BCUT2D eigenvalue weighted by Crippen LogP contribution is -2.25. The first-order chi connectivity index (χ1) is 13.8. The molecule has 0 atom stereocenters. The van der Waals surface area contributed by atoms with Gasteiger partial charge in [-0.05, 0) is 24.5 Å². The lowest BCUT2D eigenvalue weighted by Gasteiger charge is -2.14. The molecule has 0 aliphatic rings. The summed E-state index contributed by atoms with van der Waals surface area (Å²) in [6.45, 7) is 8.62. The molecule has 29 heavy (non-hydrogen) atoms. The van der Waals surface area contributed by atoms with Gasteiger partial charge < -0.3 is 4.42 Å². The second-order valence-electron chi connectivity index (χ2n) is 7.49. The summed E-state index contributed by atoms with van der Waals surface area (Å²) in [5.41, 5.74) is 0.539. The first-order valence-electron chi connectivity index (χ1n) is 9.60. The molecule has 2 heterocycles. The molecule has 0 saturated heterocycles. The van der Waals surface area contributed by atoms with Crippen LogP contribution >= 0.6 is 11.8 Å². The molecule has 8 nitrogen and oxygen atoms in total. The summed E-state index contributed by atoms with van der Waals surface area (Å²) in [6, 6.07) is 7.33. The molecule has 0 radical (unpaired) electrons. The summed E-state index contributed by atoms with van der Waals surface area (Å²) in [5, 5.41) is 11.4. The molecular formula is C20H25N5O3S. The SMILES string of the molecule is CC(C)CCn1c(SCC(=O)Nc2nnc(C(C)C)o2)nc2ccccc2c1=O. The maximum absolute atomic E-state index is 12.9. The van der Waals surface area contributed by atoms with Crippen LogP contribution in [-0.2, 0) is 11.3 Å². The van der Waals surface area contributed by atoms with Crippen LogP contribution in [0.25, 0.3) is 10.9 Å². The fraction of sp³-hybridized carbons (Fsp3) is 0.450. The highest BCUT2D eigenvalue weighted by Gasteiger charge is 2.16. The summed E-state index contributed by atoms with van der Waals surface area (Å²) < 4.78 is 7.06. The molecule has 2 aromatic heterocycles. The van der Waals surface area contributed by atoms with Crippen LogP contribution in [0.2, 0.25) is 0 Å². The average molecular weight is 416 g/mol. The first kappa shape index (κ1) is 21.0. The zero-order valence-electron chi connectivity index (χ0n) is 17.0. The highest BCUT2D eigenvalue weighted by Crippen LogP contribution is 2.20. The van der Waals surface area contributed by atoms with Gasteiger partial charge >= 0.3 is 6.01 Å². The molecule has 0 aliphatic heterocycles. The molecule has 0 saturated carbocycles. The van der Waals surface area contributed by atoms with Crippen molar-refractivity contribution in [3.8, 4) is 0 Å². The van der Waals surface area contributed by atoms with Crippen molar-refractivity contribution < 1.29 is 9.21 Å². The molecule has 0 spiro atoms. The molecule has 0 fully saturated rings. The lowest BCUT2D eigenvalue weighted by atomic mass is 10.1. The van der Waals surface area contributed by atoms with Gasteiger partial charge in [0.2, 0.25) is 11.8 Å². The number of aromatic nitrogens is 4. The number of hydrogen-bond acceptors (Lipinski definition) is 7. The molecule has 3 rings (SSSR count). The summed E-state index contributed by atoms with van der Waals surface area (Å²) in [7, 11) is 0. The summed E-state index contributed by atoms with van der Waals surface area (Å²) in [4.78, 5) is 29.9. The van der Waals surface area contributed by atoms with Crippen LogP contribution in [0, 0.1) is 5.92 Å². The molecule has 1 N–H and O–H groups in total. The van der Waals surface area contributed by atoms with Gasteiger partial charge in [-0.25, -0.2) is 4.98 Å². The van der Waals surface area contributed by atoms with E-state index in [-0.39, 0.29) is 29.2 Å². The highest BCUT2D eigenvalue weighted by molar-refractivity contribution is 7.99. The molecular weight excluding hydrogens is 390 g/mol. The summed E-state index contributed by atoms with van der Waals surface area (Å²) in [5.74, 6) is 0.770. The maximum atomic E-state index is 12.9. The van der Waals surface area contributed by atoms with Crippen molar-refractivity contribution in [2.75, 3.05) is 11.1 Å². The molecule has 1 aromatic carbocycles. The number of anilines is 1. The Hall–Kier alpha value is -2.68. The van der Waals surface area contributed by atoms with E-state index in [1.165, 1.54) is 11.8 Å². The van der Waals surface area contributed by atoms with Crippen molar-refractivity contribution in [2.45, 2.75) is 51.7 Å². The van der Waals surface area contributed by atoms with Gasteiger partial charge in [0.25, 0.3) is 5.56 Å². The highest BCUT2D eigenvalue weighted by atomic mass is 32.2. The lowest BCUT2D eigenvalue weighted by molar-refractivity contribution is -0.113. The van der Waals surface area contributed by atoms with E-state index in [4.69, 9.17) is 4.42 Å². The predicted octanol–water partition coefficient (Wildman–Crippen LogP) is 3.68.